The quantitative estimate of drug-likeness (QED) is 0.832. The van der Waals surface area contributed by atoms with Crippen molar-refractivity contribution in [1.29, 1.82) is 0 Å². The van der Waals surface area contributed by atoms with Gasteiger partial charge in [0.05, 0.1) is 5.02 Å². The Balaban J connectivity index is 2.19. The number of thioether (sulfide) groups is 1. The molecule has 0 bridgehead atoms. The zero-order chi connectivity index (χ0) is 15.5. The number of pyridine rings is 1. The lowest BCUT2D eigenvalue weighted by atomic mass is 10.3. The van der Waals surface area contributed by atoms with Gasteiger partial charge in [-0.2, -0.15) is 8.78 Å². The summed E-state index contributed by atoms with van der Waals surface area (Å²) in [6.07, 6.45) is 2.50. The van der Waals surface area contributed by atoms with Crippen LogP contribution in [0.15, 0.2) is 52.5 Å². The second kappa shape index (κ2) is 6.59. The van der Waals surface area contributed by atoms with Crippen LogP contribution in [0.4, 0.5) is 14.5 Å². The van der Waals surface area contributed by atoms with Crippen molar-refractivity contribution in [3.05, 3.63) is 47.7 Å². The summed E-state index contributed by atoms with van der Waals surface area (Å²) in [7, 11) is -3.88. The summed E-state index contributed by atoms with van der Waals surface area (Å²) in [6.45, 7) is 0. The first-order valence-corrected chi connectivity index (χ1v) is 8.30. The molecule has 0 aliphatic rings. The number of hydrogen-bond acceptors (Lipinski definition) is 4. The molecule has 0 spiro atoms. The second-order valence-electron chi connectivity index (χ2n) is 3.81. The molecule has 2 aromatic rings. The van der Waals surface area contributed by atoms with Gasteiger partial charge >= 0.3 is 0 Å². The van der Waals surface area contributed by atoms with E-state index < -0.39 is 15.8 Å². The van der Waals surface area contributed by atoms with E-state index in [0.717, 1.165) is 6.20 Å². The molecule has 0 fully saturated rings. The van der Waals surface area contributed by atoms with Gasteiger partial charge in [0.2, 0.25) is 0 Å². The maximum absolute atomic E-state index is 12.2. The van der Waals surface area contributed by atoms with Crippen LogP contribution in [-0.2, 0) is 10.0 Å². The zero-order valence-corrected chi connectivity index (χ0v) is 12.7. The highest BCUT2D eigenvalue weighted by Crippen LogP contribution is 2.27. The Kier molecular flexibility index (Phi) is 5.02. The smallest absolute Gasteiger partial charge is 0.280 e. The molecule has 112 valence electrons. The normalized spacial score (nSPS) is 11.6. The van der Waals surface area contributed by atoms with Gasteiger partial charge in [-0.15, -0.1) is 0 Å². The molecule has 1 aromatic carbocycles. The number of nitrogens with zero attached hydrogens (tertiary/aromatic N) is 1. The summed E-state index contributed by atoms with van der Waals surface area (Å²) >= 11 is 6.19. The molecule has 0 atom stereocenters. The SMILES string of the molecule is O=S(=O)(Nc1ccc(SC(F)F)cc1)c1cnccc1Cl. The Morgan fingerprint density at radius 3 is 2.43 bits per heavy atom. The van der Waals surface area contributed by atoms with E-state index >= 15 is 0 Å². The fourth-order valence-electron chi connectivity index (χ4n) is 1.48. The largest absolute Gasteiger partial charge is 0.288 e. The molecule has 0 radical (unpaired) electrons. The average Bonchev–Trinajstić information content (AvgIpc) is 2.40. The number of hydrogen-bond donors (Lipinski definition) is 1. The number of sulfonamides is 1. The van der Waals surface area contributed by atoms with Crippen molar-refractivity contribution in [2.24, 2.45) is 0 Å². The molecule has 21 heavy (non-hydrogen) atoms. The monoisotopic (exact) mass is 350 g/mol. The van der Waals surface area contributed by atoms with Gasteiger partial charge in [0, 0.05) is 23.0 Å². The van der Waals surface area contributed by atoms with Gasteiger partial charge < -0.3 is 0 Å². The van der Waals surface area contributed by atoms with Gasteiger partial charge in [-0.05, 0) is 30.3 Å². The average molecular weight is 351 g/mol. The standard InChI is InChI=1S/C12H9ClF2N2O2S2/c13-10-5-6-16-7-11(10)21(18,19)17-8-1-3-9(4-2-8)20-12(14)15/h1-7,12,17H. The summed E-state index contributed by atoms with van der Waals surface area (Å²) in [4.78, 5) is 3.90. The van der Waals surface area contributed by atoms with Crippen molar-refractivity contribution in [3.63, 3.8) is 0 Å². The molecule has 1 heterocycles. The Morgan fingerprint density at radius 2 is 1.86 bits per heavy atom. The van der Waals surface area contributed by atoms with Crippen molar-refractivity contribution in [2.75, 3.05) is 4.72 Å². The van der Waals surface area contributed by atoms with E-state index in [1.54, 1.807) is 0 Å². The number of alkyl halides is 2. The minimum Gasteiger partial charge on any atom is -0.280 e. The predicted molar refractivity (Wildman–Crippen MR) is 78.4 cm³/mol. The number of nitrogens with one attached hydrogen (secondary N) is 1. The van der Waals surface area contributed by atoms with Crippen LogP contribution in [0.1, 0.15) is 0 Å². The Morgan fingerprint density at radius 1 is 1.19 bits per heavy atom. The van der Waals surface area contributed by atoms with Crippen LogP contribution in [0.5, 0.6) is 0 Å². The van der Waals surface area contributed by atoms with Gasteiger partial charge in [0.25, 0.3) is 15.8 Å². The third kappa shape index (κ3) is 4.29. The molecule has 0 aliphatic heterocycles. The lowest BCUT2D eigenvalue weighted by Gasteiger charge is -2.09. The first-order chi connectivity index (χ1) is 9.88. The van der Waals surface area contributed by atoms with Crippen molar-refractivity contribution < 1.29 is 17.2 Å². The molecule has 9 heteroatoms. The van der Waals surface area contributed by atoms with Gasteiger partial charge in [-0.1, -0.05) is 23.4 Å². The third-order valence-electron chi connectivity index (χ3n) is 2.36. The van der Waals surface area contributed by atoms with Crippen molar-refractivity contribution in [3.8, 4) is 0 Å². The summed E-state index contributed by atoms with van der Waals surface area (Å²) < 4.78 is 50.9. The molecule has 2 rings (SSSR count). The number of rotatable bonds is 5. The Bertz CT molecular complexity index is 724. The fraction of sp³-hybridized carbons (Fsp3) is 0.0833. The first-order valence-electron chi connectivity index (χ1n) is 5.56. The number of aromatic nitrogens is 1. The fourth-order valence-corrected chi connectivity index (χ4v) is 3.46. The van der Waals surface area contributed by atoms with Crippen LogP contribution in [0.3, 0.4) is 0 Å². The molecule has 4 nitrogen and oxygen atoms in total. The molecule has 1 aromatic heterocycles. The topological polar surface area (TPSA) is 59.1 Å². The molecule has 0 amide bonds. The van der Waals surface area contributed by atoms with Crippen molar-refractivity contribution in [2.45, 2.75) is 15.5 Å². The summed E-state index contributed by atoms with van der Waals surface area (Å²) in [5.41, 5.74) is 0.244. The second-order valence-corrected chi connectivity index (χ2v) is 6.94. The highest BCUT2D eigenvalue weighted by atomic mass is 35.5. The minimum absolute atomic E-state index is 0.0439. The first kappa shape index (κ1) is 16.0. The highest BCUT2D eigenvalue weighted by molar-refractivity contribution is 7.99. The van der Waals surface area contributed by atoms with Gasteiger partial charge in [0.1, 0.15) is 4.90 Å². The van der Waals surface area contributed by atoms with Crippen molar-refractivity contribution in [1.82, 2.24) is 4.98 Å². The maximum atomic E-state index is 12.2. The Hall–Kier alpha value is -1.38. The van der Waals surface area contributed by atoms with Gasteiger partial charge in [0.15, 0.2) is 0 Å². The molecule has 1 N–H and O–H groups in total. The van der Waals surface area contributed by atoms with Gasteiger partial charge in [-0.25, -0.2) is 8.42 Å². The molecular formula is C12H9ClF2N2O2S2. The van der Waals surface area contributed by atoms with Gasteiger partial charge in [-0.3, -0.25) is 9.71 Å². The van der Waals surface area contributed by atoms with E-state index in [0.29, 0.717) is 16.7 Å². The highest BCUT2D eigenvalue weighted by Gasteiger charge is 2.18. The van der Waals surface area contributed by atoms with E-state index in [2.05, 4.69) is 9.71 Å². The van der Waals surface area contributed by atoms with Crippen LogP contribution in [0.25, 0.3) is 0 Å². The van der Waals surface area contributed by atoms with Crippen LogP contribution in [-0.4, -0.2) is 19.2 Å². The lowest BCUT2D eigenvalue weighted by Crippen LogP contribution is -2.13. The molecule has 0 saturated carbocycles. The van der Waals surface area contributed by atoms with E-state index in [9.17, 15) is 17.2 Å². The van der Waals surface area contributed by atoms with E-state index in [4.69, 9.17) is 11.6 Å². The predicted octanol–water partition coefficient (Wildman–Crippen LogP) is 3.85. The third-order valence-corrected chi connectivity index (χ3v) is 4.93. The van der Waals surface area contributed by atoms with Crippen LogP contribution in [0, 0.1) is 0 Å². The van der Waals surface area contributed by atoms with Crippen LogP contribution in [0.2, 0.25) is 5.02 Å². The minimum atomic E-state index is -3.88. The molecule has 0 saturated heterocycles. The van der Waals surface area contributed by atoms with E-state index in [1.165, 1.54) is 36.5 Å². The van der Waals surface area contributed by atoms with Crippen LogP contribution >= 0.6 is 23.4 Å². The zero-order valence-electron chi connectivity index (χ0n) is 10.3. The molecular weight excluding hydrogens is 342 g/mol. The number of benzene rings is 1. The van der Waals surface area contributed by atoms with E-state index in [-0.39, 0.29) is 15.6 Å². The summed E-state index contributed by atoms with van der Waals surface area (Å²) in [5, 5.41) is 0.0439. The van der Waals surface area contributed by atoms with Crippen LogP contribution < -0.4 is 4.72 Å². The molecule has 0 aliphatic carbocycles. The number of halogens is 3. The maximum Gasteiger partial charge on any atom is 0.288 e. The molecule has 0 unspecified atom stereocenters. The summed E-state index contributed by atoms with van der Waals surface area (Å²) in [5.74, 6) is -2.53. The summed E-state index contributed by atoms with van der Waals surface area (Å²) in [6, 6.07) is 6.95. The lowest BCUT2D eigenvalue weighted by molar-refractivity contribution is 0.252. The van der Waals surface area contributed by atoms with Crippen molar-refractivity contribution >= 4 is 39.1 Å². The Labute approximate surface area is 129 Å². The number of anilines is 1. The van der Waals surface area contributed by atoms with E-state index in [1.807, 2.05) is 0 Å².